The third-order valence-electron chi connectivity index (χ3n) is 5.26. The number of aromatic nitrogens is 3. The Labute approximate surface area is 154 Å². The quantitative estimate of drug-likeness (QED) is 0.709. The third kappa shape index (κ3) is 3.53. The van der Waals surface area contributed by atoms with Crippen LogP contribution in [0, 0.1) is 13.8 Å². The summed E-state index contributed by atoms with van der Waals surface area (Å²) in [6, 6.07) is 8.46. The smallest absolute Gasteiger partial charge is 0.141 e. The Hall–Kier alpha value is -2.53. The van der Waals surface area contributed by atoms with Crippen molar-refractivity contribution in [2.75, 3.05) is 13.1 Å². The van der Waals surface area contributed by atoms with Crippen LogP contribution in [0.15, 0.2) is 47.4 Å². The monoisotopic (exact) mass is 348 g/mol. The average molecular weight is 348 g/mol. The van der Waals surface area contributed by atoms with Gasteiger partial charge in [-0.1, -0.05) is 5.16 Å². The lowest BCUT2D eigenvalue weighted by atomic mass is 9.91. The molecule has 0 aromatic carbocycles. The number of hydrogen-bond donors (Lipinski definition) is 0. The molecule has 0 radical (unpaired) electrons. The van der Waals surface area contributed by atoms with Crippen LogP contribution in [0.5, 0.6) is 0 Å². The molecule has 0 atom stereocenters. The van der Waals surface area contributed by atoms with Crippen molar-refractivity contribution in [3.8, 4) is 11.1 Å². The van der Waals surface area contributed by atoms with Gasteiger partial charge in [0, 0.05) is 42.3 Å². The van der Waals surface area contributed by atoms with E-state index in [1.165, 1.54) is 11.3 Å². The molecule has 1 aliphatic heterocycles. The van der Waals surface area contributed by atoms with Gasteiger partial charge in [0.15, 0.2) is 0 Å². The highest BCUT2D eigenvalue weighted by Crippen LogP contribution is 2.32. The van der Waals surface area contributed by atoms with Gasteiger partial charge in [0.1, 0.15) is 5.76 Å². The second kappa shape index (κ2) is 7.38. The van der Waals surface area contributed by atoms with Crippen LogP contribution in [0.2, 0.25) is 0 Å². The second-order valence-corrected chi connectivity index (χ2v) is 7.07. The molecule has 1 aliphatic rings. The first kappa shape index (κ1) is 16.9. The summed E-state index contributed by atoms with van der Waals surface area (Å²) >= 11 is 0. The van der Waals surface area contributed by atoms with Gasteiger partial charge in [-0.2, -0.15) is 0 Å². The molecule has 134 valence electrons. The van der Waals surface area contributed by atoms with Crippen LogP contribution < -0.4 is 0 Å². The average Bonchev–Trinajstić information content (AvgIpc) is 3.02. The second-order valence-electron chi connectivity index (χ2n) is 7.07. The molecule has 1 fully saturated rings. The maximum absolute atomic E-state index is 5.32. The van der Waals surface area contributed by atoms with Crippen molar-refractivity contribution in [2.45, 2.75) is 39.2 Å². The van der Waals surface area contributed by atoms with Crippen molar-refractivity contribution in [3.63, 3.8) is 0 Å². The summed E-state index contributed by atoms with van der Waals surface area (Å²) < 4.78 is 5.32. The third-order valence-corrected chi connectivity index (χ3v) is 5.26. The predicted octanol–water partition coefficient (Wildman–Crippen LogP) is 4.13. The first-order valence-corrected chi connectivity index (χ1v) is 9.21. The van der Waals surface area contributed by atoms with Crippen molar-refractivity contribution in [3.05, 3.63) is 65.6 Å². The summed E-state index contributed by atoms with van der Waals surface area (Å²) in [5, 5.41) is 4.08. The summed E-state index contributed by atoms with van der Waals surface area (Å²) in [7, 11) is 0. The fourth-order valence-corrected chi connectivity index (χ4v) is 3.86. The fraction of sp³-hybridized carbons (Fsp3) is 0.381. The Bertz CT molecular complexity index is 847. The van der Waals surface area contributed by atoms with Gasteiger partial charge in [0.05, 0.1) is 5.69 Å². The highest BCUT2D eigenvalue weighted by Gasteiger charge is 2.22. The molecular formula is C21H24N4O. The highest BCUT2D eigenvalue weighted by molar-refractivity contribution is 5.67. The summed E-state index contributed by atoms with van der Waals surface area (Å²) in [5.74, 6) is 1.39. The molecule has 3 aromatic rings. The molecule has 4 rings (SSSR count). The van der Waals surface area contributed by atoms with E-state index in [1.54, 1.807) is 0 Å². The van der Waals surface area contributed by atoms with Crippen LogP contribution in [-0.2, 0) is 6.54 Å². The number of pyridine rings is 2. The molecule has 0 bridgehead atoms. The molecule has 0 spiro atoms. The van der Waals surface area contributed by atoms with Crippen LogP contribution in [0.25, 0.3) is 11.1 Å². The van der Waals surface area contributed by atoms with Crippen LogP contribution >= 0.6 is 0 Å². The molecule has 0 N–H and O–H groups in total. The van der Waals surface area contributed by atoms with Crippen LogP contribution in [0.4, 0.5) is 0 Å². The largest absolute Gasteiger partial charge is 0.361 e. The van der Waals surface area contributed by atoms with E-state index in [1.807, 2.05) is 32.4 Å². The van der Waals surface area contributed by atoms with Gasteiger partial charge >= 0.3 is 0 Å². The molecule has 5 nitrogen and oxygen atoms in total. The minimum atomic E-state index is 0.518. The van der Waals surface area contributed by atoms with E-state index in [4.69, 9.17) is 4.52 Å². The molecule has 0 aliphatic carbocycles. The minimum Gasteiger partial charge on any atom is -0.361 e. The van der Waals surface area contributed by atoms with Crippen molar-refractivity contribution in [2.24, 2.45) is 0 Å². The highest BCUT2D eigenvalue weighted by atomic mass is 16.5. The van der Waals surface area contributed by atoms with E-state index in [0.29, 0.717) is 5.92 Å². The van der Waals surface area contributed by atoms with Gasteiger partial charge in [-0.05, 0) is 75.2 Å². The van der Waals surface area contributed by atoms with Crippen LogP contribution in [-0.4, -0.2) is 33.1 Å². The summed E-state index contributed by atoms with van der Waals surface area (Å²) in [4.78, 5) is 11.3. The zero-order valence-corrected chi connectivity index (χ0v) is 15.4. The molecule has 3 aromatic heterocycles. The number of piperidine rings is 1. The Morgan fingerprint density at radius 2 is 1.85 bits per heavy atom. The minimum absolute atomic E-state index is 0.518. The van der Waals surface area contributed by atoms with E-state index in [2.05, 4.69) is 44.3 Å². The van der Waals surface area contributed by atoms with Gasteiger partial charge < -0.3 is 4.52 Å². The molecule has 0 amide bonds. The Morgan fingerprint density at radius 3 is 2.54 bits per heavy atom. The van der Waals surface area contributed by atoms with E-state index < -0.39 is 0 Å². The number of aryl methyl sites for hydroxylation is 2. The molecule has 0 unspecified atom stereocenters. The van der Waals surface area contributed by atoms with Gasteiger partial charge in [-0.3, -0.25) is 14.9 Å². The lowest BCUT2D eigenvalue weighted by Crippen LogP contribution is -2.32. The summed E-state index contributed by atoms with van der Waals surface area (Å²) in [6.07, 6.45) is 7.94. The zero-order chi connectivity index (χ0) is 17.9. The topological polar surface area (TPSA) is 55.1 Å². The van der Waals surface area contributed by atoms with Gasteiger partial charge in [-0.15, -0.1) is 0 Å². The van der Waals surface area contributed by atoms with E-state index >= 15 is 0 Å². The summed E-state index contributed by atoms with van der Waals surface area (Å²) in [5.41, 5.74) is 5.71. The van der Waals surface area contributed by atoms with Gasteiger partial charge in [0.2, 0.25) is 0 Å². The van der Waals surface area contributed by atoms with Crippen LogP contribution in [0.1, 0.15) is 41.5 Å². The first-order valence-electron chi connectivity index (χ1n) is 9.21. The summed E-state index contributed by atoms with van der Waals surface area (Å²) in [6.45, 7) is 7.16. The van der Waals surface area contributed by atoms with Crippen molar-refractivity contribution >= 4 is 0 Å². The molecule has 1 saturated heterocycles. The lowest BCUT2D eigenvalue weighted by molar-refractivity contribution is 0.203. The van der Waals surface area contributed by atoms with E-state index in [9.17, 15) is 0 Å². The molecule has 0 saturated carbocycles. The zero-order valence-electron chi connectivity index (χ0n) is 15.4. The Kier molecular flexibility index (Phi) is 4.80. The van der Waals surface area contributed by atoms with E-state index in [-0.39, 0.29) is 0 Å². The molecular weight excluding hydrogens is 324 g/mol. The molecule has 4 heterocycles. The number of hydrogen-bond acceptors (Lipinski definition) is 5. The number of nitrogens with zero attached hydrogens (tertiary/aromatic N) is 4. The molecule has 26 heavy (non-hydrogen) atoms. The lowest BCUT2D eigenvalue weighted by Gasteiger charge is -2.31. The van der Waals surface area contributed by atoms with Crippen molar-refractivity contribution < 1.29 is 4.52 Å². The first-order chi connectivity index (χ1) is 12.7. The van der Waals surface area contributed by atoms with Gasteiger partial charge in [0.25, 0.3) is 0 Å². The maximum Gasteiger partial charge on any atom is 0.141 e. The normalized spacial score (nSPS) is 16.1. The van der Waals surface area contributed by atoms with Crippen LogP contribution in [0.3, 0.4) is 0 Å². The van der Waals surface area contributed by atoms with Crippen molar-refractivity contribution in [1.82, 2.24) is 20.0 Å². The number of rotatable bonds is 4. The SMILES string of the molecule is Cc1noc(C)c1-c1ccnc(C2CCN(Cc3ccncc3)CC2)c1. The standard InChI is InChI=1S/C21H24N4O/c1-15-21(16(2)26-24-15)19-5-10-23-20(13-19)18-6-11-25(12-7-18)14-17-3-8-22-9-4-17/h3-5,8-10,13,18H,6-7,11-12,14H2,1-2H3. The van der Waals surface area contributed by atoms with E-state index in [0.717, 1.165) is 55.1 Å². The van der Waals surface area contributed by atoms with Crippen molar-refractivity contribution in [1.29, 1.82) is 0 Å². The maximum atomic E-state index is 5.32. The predicted molar refractivity (Wildman–Crippen MR) is 101 cm³/mol. The van der Waals surface area contributed by atoms with Gasteiger partial charge in [-0.25, -0.2) is 0 Å². The fourth-order valence-electron chi connectivity index (χ4n) is 3.86. The number of likely N-dealkylation sites (tertiary alicyclic amines) is 1. The molecule has 5 heteroatoms. The Morgan fingerprint density at radius 1 is 1.08 bits per heavy atom. The Balaban J connectivity index is 1.44.